The second-order valence-corrected chi connectivity index (χ2v) is 7.26. The summed E-state index contributed by atoms with van der Waals surface area (Å²) in [7, 11) is 2.23. The van der Waals surface area contributed by atoms with Crippen molar-refractivity contribution in [1.29, 1.82) is 0 Å². The van der Waals surface area contributed by atoms with E-state index in [1.54, 1.807) is 0 Å². The first kappa shape index (κ1) is 24.2. The minimum atomic E-state index is -0.370. The molecule has 27 heavy (non-hydrogen) atoms. The standard InChI is InChI=1S/C20H31N3O2.2ClH/c1-23(18-9-3-2-4-10-18)15-17-8-6-5-7-16(17)13-22-20(24)19-14-21-11-12-25-19;;/h5-8,18-19,21H,2-4,9-15H2,1H3,(H,22,24);2*1H. The highest BCUT2D eigenvalue weighted by molar-refractivity contribution is 5.85. The van der Waals surface area contributed by atoms with Crippen molar-refractivity contribution in [2.45, 2.75) is 57.3 Å². The summed E-state index contributed by atoms with van der Waals surface area (Å²) in [5.74, 6) is -0.0253. The van der Waals surface area contributed by atoms with Crippen LogP contribution in [0.3, 0.4) is 0 Å². The highest BCUT2D eigenvalue weighted by Crippen LogP contribution is 2.23. The van der Waals surface area contributed by atoms with E-state index in [2.05, 4.69) is 40.8 Å². The minimum Gasteiger partial charge on any atom is -0.366 e. The summed E-state index contributed by atoms with van der Waals surface area (Å²) >= 11 is 0. The van der Waals surface area contributed by atoms with Crippen LogP contribution in [0.25, 0.3) is 0 Å². The Hall–Kier alpha value is -0.850. The Morgan fingerprint density at radius 1 is 1.19 bits per heavy atom. The molecule has 1 amide bonds. The number of carbonyl (C=O) groups excluding carboxylic acids is 1. The number of halogens is 2. The number of rotatable bonds is 6. The summed E-state index contributed by atoms with van der Waals surface area (Å²) in [6, 6.07) is 9.12. The molecule has 0 spiro atoms. The molecule has 1 aromatic rings. The van der Waals surface area contributed by atoms with Crippen molar-refractivity contribution >= 4 is 30.7 Å². The van der Waals surface area contributed by atoms with Crippen molar-refractivity contribution in [1.82, 2.24) is 15.5 Å². The maximum absolute atomic E-state index is 12.3. The second kappa shape index (κ2) is 12.6. The van der Waals surface area contributed by atoms with Gasteiger partial charge >= 0.3 is 0 Å². The number of hydrogen-bond donors (Lipinski definition) is 2. The van der Waals surface area contributed by atoms with Crippen molar-refractivity contribution in [3.05, 3.63) is 35.4 Å². The van der Waals surface area contributed by atoms with Gasteiger partial charge < -0.3 is 15.4 Å². The quantitative estimate of drug-likeness (QED) is 0.746. The van der Waals surface area contributed by atoms with Gasteiger partial charge in [0.15, 0.2) is 0 Å². The predicted octanol–water partition coefficient (Wildman–Crippen LogP) is 2.90. The summed E-state index contributed by atoms with van der Waals surface area (Å²) in [6.07, 6.45) is 6.32. The third-order valence-electron chi connectivity index (χ3n) is 5.41. The smallest absolute Gasteiger partial charge is 0.250 e. The number of nitrogens with zero attached hydrogens (tertiary/aromatic N) is 1. The van der Waals surface area contributed by atoms with E-state index in [-0.39, 0.29) is 36.8 Å². The lowest BCUT2D eigenvalue weighted by atomic mass is 9.94. The van der Waals surface area contributed by atoms with E-state index in [4.69, 9.17) is 4.74 Å². The molecule has 0 aromatic heterocycles. The molecule has 2 aliphatic rings. The Morgan fingerprint density at radius 2 is 1.89 bits per heavy atom. The largest absolute Gasteiger partial charge is 0.366 e. The molecule has 0 radical (unpaired) electrons. The van der Waals surface area contributed by atoms with Gasteiger partial charge in [-0.25, -0.2) is 0 Å². The van der Waals surface area contributed by atoms with Gasteiger partial charge in [-0.05, 0) is 31.0 Å². The summed E-state index contributed by atoms with van der Waals surface area (Å²) in [5, 5.41) is 6.23. The highest BCUT2D eigenvalue weighted by atomic mass is 35.5. The maximum Gasteiger partial charge on any atom is 0.250 e. The van der Waals surface area contributed by atoms with Crippen LogP contribution in [0, 0.1) is 0 Å². The number of morpholine rings is 1. The van der Waals surface area contributed by atoms with Crippen molar-refractivity contribution in [3.63, 3.8) is 0 Å². The molecule has 5 nitrogen and oxygen atoms in total. The first-order valence-electron chi connectivity index (χ1n) is 9.61. The van der Waals surface area contributed by atoms with E-state index in [9.17, 15) is 4.79 Å². The normalized spacial score (nSPS) is 20.4. The molecule has 1 saturated carbocycles. The molecule has 2 fully saturated rings. The van der Waals surface area contributed by atoms with Crippen molar-refractivity contribution in [3.8, 4) is 0 Å². The van der Waals surface area contributed by atoms with Crippen LogP contribution >= 0.6 is 24.8 Å². The number of hydrogen-bond acceptors (Lipinski definition) is 4. The minimum absolute atomic E-state index is 0. The van der Waals surface area contributed by atoms with Crippen LogP contribution in [-0.4, -0.2) is 49.7 Å². The van der Waals surface area contributed by atoms with E-state index in [0.717, 1.165) is 13.1 Å². The fourth-order valence-electron chi connectivity index (χ4n) is 3.83. The zero-order valence-corrected chi connectivity index (χ0v) is 17.7. The SMILES string of the molecule is CN(Cc1ccccc1CNC(=O)C1CNCCO1)C1CCCCC1.Cl.Cl. The van der Waals surface area contributed by atoms with Gasteiger partial charge in [-0.15, -0.1) is 24.8 Å². The van der Waals surface area contributed by atoms with Crippen molar-refractivity contribution in [2.24, 2.45) is 0 Å². The fourth-order valence-corrected chi connectivity index (χ4v) is 3.83. The third-order valence-corrected chi connectivity index (χ3v) is 5.41. The van der Waals surface area contributed by atoms with Gasteiger partial charge in [0.05, 0.1) is 6.61 Å². The summed E-state index contributed by atoms with van der Waals surface area (Å²) in [5.41, 5.74) is 2.50. The first-order chi connectivity index (χ1) is 12.2. The molecule has 0 bridgehead atoms. The Bertz CT molecular complexity index is 562. The fraction of sp³-hybridized carbons (Fsp3) is 0.650. The van der Waals surface area contributed by atoms with Gasteiger partial charge in [-0.1, -0.05) is 43.5 Å². The Labute approximate surface area is 175 Å². The van der Waals surface area contributed by atoms with Crippen LogP contribution in [0.2, 0.25) is 0 Å². The van der Waals surface area contributed by atoms with Gasteiger partial charge in [0.25, 0.3) is 5.91 Å². The molecular formula is C20H33Cl2N3O2. The lowest BCUT2D eigenvalue weighted by Crippen LogP contribution is -2.47. The Morgan fingerprint density at radius 3 is 2.56 bits per heavy atom. The number of ether oxygens (including phenoxy) is 1. The summed E-state index contributed by atoms with van der Waals surface area (Å²) in [4.78, 5) is 14.7. The summed E-state index contributed by atoms with van der Waals surface area (Å²) in [6.45, 7) is 3.52. The van der Waals surface area contributed by atoms with Crippen molar-refractivity contribution in [2.75, 3.05) is 26.7 Å². The average molecular weight is 418 g/mol. The molecule has 1 aliphatic heterocycles. The topological polar surface area (TPSA) is 53.6 Å². The lowest BCUT2D eigenvalue weighted by Gasteiger charge is -2.31. The van der Waals surface area contributed by atoms with Crippen LogP contribution in [0.4, 0.5) is 0 Å². The Kier molecular flexibility index (Phi) is 11.3. The molecule has 1 heterocycles. The zero-order valence-electron chi connectivity index (χ0n) is 16.1. The van der Waals surface area contributed by atoms with Gasteiger partial charge in [0.1, 0.15) is 6.10 Å². The number of nitrogens with one attached hydrogen (secondary N) is 2. The van der Waals surface area contributed by atoms with Crippen LogP contribution in [0.15, 0.2) is 24.3 Å². The molecule has 154 valence electrons. The second-order valence-electron chi connectivity index (χ2n) is 7.26. The van der Waals surface area contributed by atoms with E-state index >= 15 is 0 Å². The highest BCUT2D eigenvalue weighted by Gasteiger charge is 2.22. The van der Waals surface area contributed by atoms with Crippen molar-refractivity contribution < 1.29 is 9.53 Å². The molecule has 1 aliphatic carbocycles. The van der Waals surface area contributed by atoms with E-state index in [0.29, 0.717) is 25.7 Å². The third kappa shape index (κ3) is 7.24. The van der Waals surface area contributed by atoms with Gasteiger partial charge in [-0.2, -0.15) is 0 Å². The number of amides is 1. The van der Waals surface area contributed by atoms with E-state index < -0.39 is 0 Å². The lowest BCUT2D eigenvalue weighted by molar-refractivity contribution is -0.134. The van der Waals surface area contributed by atoms with Crippen LogP contribution in [0.1, 0.15) is 43.2 Å². The molecule has 1 saturated heterocycles. The van der Waals surface area contributed by atoms with Crippen LogP contribution in [0.5, 0.6) is 0 Å². The molecule has 1 aromatic carbocycles. The monoisotopic (exact) mass is 417 g/mol. The number of benzene rings is 1. The average Bonchev–Trinajstić information content (AvgIpc) is 2.68. The predicted molar refractivity (Wildman–Crippen MR) is 114 cm³/mol. The molecule has 3 rings (SSSR count). The Balaban J connectivity index is 0.00000182. The molecule has 7 heteroatoms. The molecule has 1 unspecified atom stereocenters. The molecule has 1 atom stereocenters. The van der Waals surface area contributed by atoms with E-state index in [1.807, 2.05) is 6.07 Å². The molecule has 2 N–H and O–H groups in total. The maximum atomic E-state index is 12.3. The zero-order chi connectivity index (χ0) is 17.5. The van der Waals surface area contributed by atoms with Gasteiger partial charge in [-0.3, -0.25) is 9.69 Å². The first-order valence-corrected chi connectivity index (χ1v) is 9.61. The summed E-state index contributed by atoms with van der Waals surface area (Å²) < 4.78 is 5.52. The number of carbonyl (C=O) groups is 1. The van der Waals surface area contributed by atoms with Gasteiger partial charge in [0.2, 0.25) is 0 Å². The van der Waals surface area contributed by atoms with Crippen LogP contribution in [-0.2, 0) is 22.6 Å². The van der Waals surface area contributed by atoms with Gasteiger partial charge in [0, 0.05) is 32.2 Å². The van der Waals surface area contributed by atoms with E-state index in [1.165, 1.54) is 43.2 Å². The van der Waals surface area contributed by atoms with Crippen LogP contribution < -0.4 is 10.6 Å². The molecular weight excluding hydrogens is 385 g/mol.